The van der Waals surface area contributed by atoms with Gasteiger partial charge in [-0.1, -0.05) is 25.0 Å². The van der Waals surface area contributed by atoms with Crippen LogP contribution in [0.25, 0.3) is 0 Å². The first-order valence-corrected chi connectivity index (χ1v) is 6.75. The van der Waals surface area contributed by atoms with Gasteiger partial charge in [0.2, 0.25) is 5.91 Å². The van der Waals surface area contributed by atoms with Crippen molar-refractivity contribution in [3.63, 3.8) is 0 Å². The lowest BCUT2D eigenvalue weighted by Gasteiger charge is -2.24. The average molecular weight is 258 g/mol. The van der Waals surface area contributed by atoms with Crippen LogP contribution in [0.1, 0.15) is 46.8 Å². The van der Waals surface area contributed by atoms with E-state index in [9.17, 15) is 9.59 Å². The summed E-state index contributed by atoms with van der Waals surface area (Å²) in [6, 6.07) is 5.69. The summed E-state index contributed by atoms with van der Waals surface area (Å²) in [5, 5.41) is 0. The molecule has 1 fully saturated rings. The zero-order valence-corrected chi connectivity index (χ0v) is 11.1. The second-order valence-corrected chi connectivity index (χ2v) is 5.64. The first-order chi connectivity index (χ1) is 9.06. The van der Waals surface area contributed by atoms with Gasteiger partial charge in [-0.15, -0.1) is 0 Å². The third-order valence-corrected chi connectivity index (χ3v) is 4.10. The van der Waals surface area contributed by atoms with Crippen molar-refractivity contribution in [2.75, 3.05) is 7.05 Å². The fraction of sp³-hybridized carbons (Fsp3) is 0.467. The van der Waals surface area contributed by atoms with Crippen molar-refractivity contribution in [2.45, 2.75) is 31.7 Å². The minimum atomic E-state index is -0.216. The van der Waals surface area contributed by atoms with Crippen molar-refractivity contribution < 1.29 is 9.59 Å². The number of nitrogens with two attached hydrogens (primary N) is 1. The van der Waals surface area contributed by atoms with Gasteiger partial charge < -0.3 is 5.73 Å². The number of carbonyl (C=O) groups excluding carboxylic acids is 2. The maximum atomic E-state index is 12.1. The summed E-state index contributed by atoms with van der Waals surface area (Å²) in [6.07, 6.45) is 3.83. The lowest BCUT2D eigenvalue weighted by atomic mass is 9.93. The Morgan fingerprint density at radius 2 is 2.11 bits per heavy atom. The molecule has 2 amide bonds. The number of nitrogens with zero attached hydrogens (tertiary/aromatic N) is 1. The van der Waals surface area contributed by atoms with Gasteiger partial charge >= 0.3 is 0 Å². The highest BCUT2D eigenvalue weighted by molar-refractivity contribution is 6.09. The maximum Gasteiger partial charge on any atom is 0.260 e. The van der Waals surface area contributed by atoms with Crippen molar-refractivity contribution in [2.24, 2.45) is 11.7 Å². The van der Waals surface area contributed by atoms with E-state index in [1.807, 2.05) is 18.2 Å². The number of hydrogen-bond donors (Lipinski definition) is 1. The van der Waals surface area contributed by atoms with E-state index >= 15 is 0 Å². The topological polar surface area (TPSA) is 63.4 Å². The predicted octanol–water partition coefficient (Wildman–Crippen LogP) is 1.64. The van der Waals surface area contributed by atoms with E-state index in [0.29, 0.717) is 12.0 Å². The van der Waals surface area contributed by atoms with Gasteiger partial charge in [0.25, 0.3) is 5.91 Å². The number of likely N-dealkylation sites (N-methyl/N-ethyl adjacent to an activating group) is 1. The zero-order valence-electron chi connectivity index (χ0n) is 11.1. The van der Waals surface area contributed by atoms with Crippen molar-refractivity contribution in [1.82, 2.24) is 4.90 Å². The Balaban J connectivity index is 1.90. The molecule has 1 saturated carbocycles. The fourth-order valence-corrected chi connectivity index (χ4v) is 2.60. The Labute approximate surface area is 112 Å². The summed E-state index contributed by atoms with van der Waals surface area (Å²) < 4.78 is 0. The van der Waals surface area contributed by atoms with E-state index in [-0.39, 0.29) is 17.9 Å². The Hall–Kier alpha value is -1.68. The monoisotopic (exact) mass is 258 g/mol. The molecule has 1 aliphatic heterocycles. The zero-order chi connectivity index (χ0) is 13.6. The van der Waals surface area contributed by atoms with Gasteiger partial charge in [0, 0.05) is 18.7 Å². The molecule has 0 radical (unpaired) electrons. The highest BCUT2D eigenvalue weighted by atomic mass is 16.2. The molecule has 1 heterocycles. The van der Waals surface area contributed by atoms with Gasteiger partial charge in [0.05, 0.1) is 6.42 Å². The Bertz CT molecular complexity index is 549. The smallest absolute Gasteiger partial charge is 0.260 e. The maximum absolute atomic E-state index is 12.1. The molecule has 1 atom stereocenters. The lowest BCUT2D eigenvalue weighted by Crippen LogP contribution is -2.39. The number of amides is 2. The molecule has 0 bridgehead atoms. The van der Waals surface area contributed by atoms with Crippen molar-refractivity contribution in [1.29, 1.82) is 0 Å². The molecule has 4 nitrogen and oxygen atoms in total. The SMILES string of the molecule is CN1C(=O)Cc2ccc(C(N)CC3CC3)cc2C1=O. The molecule has 0 aromatic heterocycles. The summed E-state index contributed by atoms with van der Waals surface area (Å²) in [5.74, 6) is 0.394. The number of carbonyl (C=O) groups is 2. The van der Waals surface area contributed by atoms with Gasteiger partial charge in [-0.05, 0) is 29.5 Å². The van der Waals surface area contributed by atoms with Gasteiger partial charge in [-0.2, -0.15) is 0 Å². The van der Waals surface area contributed by atoms with Crippen molar-refractivity contribution >= 4 is 11.8 Å². The summed E-state index contributed by atoms with van der Waals surface area (Å²) >= 11 is 0. The van der Waals surface area contributed by atoms with Crippen LogP contribution in [0.5, 0.6) is 0 Å². The van der Waals surface area contributed by atoms with Crippen molar-refractivity contribution in [3.05, 3.63) is 34.9 Å². The third kappa shape index (κ3) is 2.28. The van der Waals surface area contributed by atoms with Gasteiger partial charge in [-0.25, -0.2) is 0 Å². The minimum Gasteiger partial charge on any atom is -0.324 e. The van der Waals surface area contributed by atoms with Crippen molar-refractivity contribution in [3.8, 4) is 0 Å². The molecule has 3 rings (SSSR count). The molecule has 1 aromatic rings. The lowest BCUT2D eigenvalue weighted by molar-refractivity contribution is -0.127. The van der Waals surface area contributed by atoms with E-state index in [4.69, 9.17) is 5.73 Å². The Morgan fingerprint density at radius 1 is 1.37 bits per heavy atom. The van der Waals surface area contributed by atoms with Crippen LogP contribution in [0, 0.1) is 5.92 Å². The van der Waals surface area contributed by atoms with Crippen LogP contribution in [0.3, 0.4) is 0 Å². The van der Waals surface area contributed by atoms with Crippen LogP contribution in [-0.4, -0.2) is 23.8 Å². The molecular formula is C15H18N2O2. The summed E-state index contributed by atoms with van der Waals surface area (Å²) in [4.78, 5) is 24.9. The second-order valence-electron chi connectivity index (χ2n) is 5.64. The molecule has 4 heteroatoms. The molecule has 19 heavy (non-hydrogen) atoms. The number of fused-ring (bicyclic) bond motifs is 1. The number of benzene rings is 1. The highest BCUT2D eigenvalue weighted by Crippen LogP contribution is 2.37. The van der Waals surface area contributed by atoms with Crippen LogP contribution in [0.15, 0.2) is 18.2 Å². The molecule has 1 unspecified atom stereocenters. The van der Waals surface area contributed by atoms with E-state index < -0.39 is 0 Å². The molecule has 100 valence electrons. The van der Waals surface area contributed by atoms with Crippen LogP contribution >= 0.6 is 0 Å². The highest BCUT2D eigenvalue weighted by Gasteiger charge is 2.29. The second kappa shape index (κ2) is 4.46. The number of imide groups is 1. The quantitative estimate of drug-likeness (QED) is 0.838. The molecule has 2 N–H and O–H groups in total. The molecule has 0 saturated heterocycles. The molecule has 1 aliphatic carbocycles. The number of hydrogen-bond acceptors (Lipinski definition) is 3. The summed E-state index contributed by atoms with van der Waals surface area (Å²) in [5.41, 5.74) is 8.63. The first-order valence-electron chi connectivity index (χ1n) is 6.75. The predicted molar refractivity (Wildman–Crippen MR) is 71.5 cm³/mol. The van der Waals surface area contributed by atoms with Gasteiger partial charge in [0.1, 0.15) is 0 Å². The Morgan fingerprint density at radius 3 is 2.79 bits per heavy atom. The van der Waals surface area contributed by atoms with E-state index in [0.717, 1.165) is 23.5 Å². The molecule has 0 spiro atoms. The molecular weight excluding hydrogens is 240 g/mol. The van der Waals surface area contributed by atoms with Gasteiger partial charge in [-0.3, -0.25) is 14.5 Å². The molecule has 1 aromatic carbocycles. The molecule has 2 aliphatic rings. The normalized spacial score (nSPS) is 20.4. The van der Waals surface area contributed by atoms with Crippen LogP contribution in [0.2, 0.25) is 0 Å². The third-order valence-electron chi connectivity index (χ3n) is 4.10. The minimum absolute atomic E-state index is 0.00599. The van der Waals surface area contributed by atoms with Gasteiger partial charge in [0.15, 0.2) is 0 Å². The standard InChI is InChI=1S/C15H18N2O2/c1-17-14(18)8-10-4-5-11(7-12(10)15(17)19)13(16)6-9-2-3-9/h4-5,7,9,13H,2-3,6,8,16H2,1H3. The summed E-state index contributed by atoms with van der Waals surface area (Å²) in [6.45, 7) is 0. The number of rotatable bonds is 3. The average Bonchev–Trinajstić information content (AvgIpc) is 3.19. The van der Waals surface area contributed by atoms with Crippen LogP contribution < -0.4 is 5.73 Å². The fourth-order valence-electron chi connectivity index (χ4n) is 2.60. The Kier molecular flexibility index (Phi) is 2.90. The van der Waals surface area contributed by atoms with Crippen LogP contribution in [-0.2, 0) is 11.2 Å². The first kappa shape index (κ1) is 12.4. The van der Waals surface area contributed by atoms with E-state index in [1.165, 1.54) is 24.8 Å². The van der Waals surface area contributed by atoms with E-state index in [2.05, 4.69) is 0 Å². The van der Waals surface area contributed by atoms with E-state index in [1.54, 1.807) is 0 Å². The van der Waals surface area contributed by atoms with Crippen LogP contribution in [0.4, 0.5) is 0 Å². The largest absolute Gasteiger partial charge is 0.324 e. The summed E-state index contributed by atoms with van der Waals surface area (Å²) in [7, 11) is 1.53.